The summed E-state index contributed by atoms with van der Waals surface area (Å²) in [7, 11) is 0. The SMILES string of the molecule is O=C1CCCC1C(O)/C=C/c1ccccc1. The molecule has 0 saturated heterocycles. The van der Waals surface area contributed by atoms with Crippen molar-refractivity contribution < 1.29 is 9.90 Å². The Morgan fingerprint density at radius 3 is 2.69 bits per heavy atom. The molecule has 2 heteroatoms. The fraction of sp³-hybridized carbons (Fsp3) is 0.357. The van der Waals surface area contributed by atoms with Crippen LogP contribution in [-0.2, 0) is 4.79 Å². The van der Waals surface area contributed by atoms with Gasteiger partial charge < -0.3 is 5.11 Å². The van der Waals surface area contributed by atoms with Gasteiger partial charge in [0, 0.05) is 12.3 Å². The molecule has 1 aromatic carbocycles. The van der Waals surface area contributed by atoms with Gasteiger partial charge >= 0.3 is 0 Å². The Hall–Kier alpha value is -1.41. The Morgan fingerprint density at radius 1 is 1.31 bits per heavy atom. The molecule has 1 aliphatic rings. The predicted molar refractivity (Wildman–Crippen MR) is 63.8 cm³/mol. The number of hydrogen-bond donors (Lipinski definition) is 1. The zero-order chi connectivity index (χ0) is 11.4. The number of ketones is 1. The van der Waals surface area contributed by atoms with Gasteiger partial charge in [-0.2, -0.15) is 0 Å². The summed E-state index contributed by atoms with van der Waals surface area (Å²) < 4.78 is 0. The van der Waals surface area contributed by atoms with E-state index in [0.29, 0.717) is 6.42 Å². The van der Waals surface area contributed by atoms with Crippen LogP contribution in [0.1, 0.15) is 24.8 Å². The van der Waals surface area contributed by atoms with Crippen LogP contribution in [0.4, 0.5) is 0 Å². The van der Waals surface area contributed by atoms with Crippen molar-refractivity contribution in [3.05, 3.63) is 42.0 Å². The highest BCUT2D eigenvalue weighted by Gasteiger charge is 2.29. The molecule has 16 heavy (non-hydrogen) atoms. The summed E-state index contributed by atoms with van der Waals surface area (Å²) in [6.07, 6.45) is 5.33. The van der Waals surface area contributed by atoms with Gasteiger partial charge in [0.25, 0.3) is 0 Å². The predicted octanol–water partition coefficient (Wildman–Crippen LogP) is 2.43. The molecule has 1 aromatic rings. The fourth-order valence-corrected chi connectivity index (χ4v) is 2.11. The monoisotopic (exact) mass is 216 g/mol. The molecule has 2 atom stereocenters. The molecule has 0 bridgehead atoms. The highest BCUT2D eigenvalue weighted by Crippen LogP contribution is 2.25. The Bertz CT molecular complexity index is 381. The third kappa shape index (κ3) is 2.58. The zero-order valence-corrected chi connectivity index (χ0v) is 9.17. The molecular formula is C14H16O2. The van der Waals surface area contributed by atoms with E-state index >= 15 is 0 Å². The molecule has 1 saturated carbocycles. The molecule has 2 nitrogen and oxygen atoms in total. The Kier molecular flexibility index (Phi) is 3.52. The first kappa shape index (κ1) is 11.1. The van der Waals surface area contributed by atoms with Gasteiger partial charge in [-0.05, 0) is 18.4 Å². The van der Waals surface area contributed by atoms with Crippen LogP contribution in [0, 0.1) is 5.92 Å². The van der Waals surface area contributed by atoms with E-state index in [1.807, 2.05) is 36.4 Å². The quantitative estimate of drug-likeness (QED) is 0.842. The van der Waals surface area contributed by atoms with E-state index in [-0.39, 0.29) is 11.7 Å². The number of rotatable bonds is 3. The largest absolute Gasteiger partial charge is 0.388 e. The Balaban J connectivity index is 1.99. The van der Waals surface area contributed by atoms with Gasteiger partial charge in [0.15, 0.2) is 0 Å². The summed E-state index contributed by atoms with van der Waals surface area (Å²) in [6.45, 7) is 0. The first-order valence-electron chi connectivity index (χ1n) is 5.71. The summed E-state index contributed by atoms with van der Waals surface area (Å²) in [5.74, 6) is 0.0187. The third-order valence-corrected chi connectivity index (χ3v) is 3.05. The van der Waals surface area contributed by atoms with Gasteiger partial charge in [0.2, 0.25) is 0 Å². The van der Waals surface area contributed by atoms with Crippen LogP contribution in [0.5, 0.6) is 0 Å². The zero-order valence-electron chi connectivity index (χ0n) is 9.17. The van der Waals surface area contributed by atoms with Crippen molar-refractivity contribution >= 4 is 11.9 Å². The minimum atomic E-state index is -0.629. The minimum Gasteiger partial charge on any atom is -0.388 e. The highest BCUT2D eigenvalue weighted by atomic mass is 16.3. The number of benzene rings is 1. The van der Waals surface area contributed by atoms with Crippen LogP contribution in [0.25, 0.3) is 6.08 Å². The summed E-state index contributed by atoms with van der Waals surface area (Å²) in [5, 5.41) is 9.87. The van der Waals surface area contributed by atoms with Crippen LogP contribution in [-0.4, -0.2) is 17.0 Å². The number of aliphatic hydroxyl groups excluding tert-OH is 1. The second-order valence-corrected chi connectivity index (χ2v) is 4.23. The van der Waals surface area contributed by atoms with Gasteiger partial charge in [-0.15, -0.1) is 0 Å². The van der Waals surface area contributed by atoms with Crippen molar-refractivity contribution in [3.8, 4) is 0 Å². The van der Waals surface area contributed by atoms with Crippen LogP contribution < -0.4 is 0 Å². The van der Waals surface area contributed by atoms with E-state index in [1.165, 1.54) is 0 Å². The molecule has 2 unspecified atom stereocenters. The van der Waals surface area contributed by atoms with Gasteiger partial charge in [-0.25, -0.2) is 0 Å². The molecule has 84 valence electrons. The van der Waals surface area contributed by atoms with Gasteiger partial charge in [0.1, 0.15) is 5.78 Å². The standard InChI is InChI=1S/C14H16O2/c15-13-8-4-7-12(13)14(16)10-9-11-5-2-1-3-6-11/h1-3,5-6,9-10,12,14,16H,4,7-8H2/b10-9+. The normalized spacial score (nSPS) is 22.8. The number of carbonyl (C=O) groups excluding carboxylic acids is 1. The number of hydrogen-bond acceptors (Lipinski definition) is 2. The number of Topliss-reactive ketones (excluding diaryl/α,β-unsaturated/α-hetero) is 1. The summed E-state index contributed by atoms with van der Waals surface area (Å²) in [5.41, 5.74) is 1.05. The maximum Gasteiger partial charge on any atom is 0.138 e. The van der Waals surface area contributed by atoms with Crippen molar-refractivity contribution in [2.75, 3.05) is 0 Å². The van der Waals surface area contributed by atoms with Crippen molar-refractivity contribution in [2.24, 2.45) is 5.92 Å². The molecule has 0 heterocycles. The van der Waals surface area contributed by atoms with E-state index < -0.39 is 6.10 Å². The molecule has 2 rings (SSSR count). The third-order valence-electron chi connectivity index (χ3n) is 3.05. The van der Waals surface area contributed by atoms with Crippen LogP contribution >= 0.6 is 0 Å². The molecule has 1 fully saturated rings. The maximum absolute atomic E-state index is 11.4. The summed E-state index contributed by atoms with van der Waals surface area (Å²) >= 11 is 0. The summed E-state index contributed by atoms with van der Waals surface area (Å²) in [4.78, 5) is 11.4. The minimum absolute atomic E-state index is 0.181. The van der Waals surface area contributed by atoms with Crippen LogP contribution in [0.2, 0.25) is 0 Å². The Morgan fingerprint density at radius 2 is 2.06 bits per heavy atom. The lowest BCUT2D eigenvalue weighted by Gasteiger charge is -2.11. The first-order valence-corrected chi connectivity index (χ1v) is 5.71. The lowest BCUT2D eigenvalue weighted by molar-refractivity contribution is -0.122. The van der Waals surface area contributed by atoms with Crippen molar-refractivity contribution in [1.29, 1.82) is 0 Å². The van der Waals surface area contributed by atoms with Crippen molar-refractivity contribution in [1.82, 2.24) is 0 Å². The molecule has 0 aliphatic heterocycles. The molecule has 0 aromatic heterocycles. The molecular weight excluding hydrogens is 200 g/mol. The topological polar surface area (TPSA) is 37.3 Å². The number of aliphatic hydroxyl groups is 1. The van der Waals surface area contributed by atoms with E-state index in [1.54, 1.807) is 6.08 Å². The lowest BCUT2D eigenvalue weighted by atomic mass is 9.99. The van der Waals surface area contributed by atoms with E-state index in [4.69, 9.17) is 0 Å². The van der Waals surface area contributed by atoms with E-state index in [9.17, 15) is 9.90 Å². The smallest absolute Gasteiger partial charge is 0.138 e. The van der Waals surface area contributed by atoms with Gasteiger partial charge in [-0.1, -0.05) is 42.5 Å². The first-order chi connectivity index (χ1) is 7.77. The maximum atomic E-state index is 11.4. The lowest BCUT2D eigenvalue weighted by Crippen LogP contribution is -2.21. The van der Waals surface area contributed by atoms with Crippen molar-refractivity contribution in [3.63, 3.8) is 0 Å². The molecule has 1 N–H and O–H groups in total. The summed E-state index contributed by atoms with van der Waals surface area (Å²) in [6, 6.07) is 9.80. The fourth-order valence-electron chi connectivity index (χ4n) is 2.11. The average molecular weight is 216 g/mol. The average Bonchev–Trinajstić information content (AvgIpc) is 2.74. The van der Waals surface area contributed by atoms with Crippen LogP contribution in [0.15, 0.2) is 36.4 Å². The second kappa shape index (κ2) is 5.08. The van der Waals surface area contributed by atoms with E-state index in [2.05, 4.69) is 0 Å². The van der Waals surface area contributed by atoms with Gasteiger partial charge in [0.05, 0.1) is 6.10 Å². The molecule has 0 radical (unpaired) electrons. The highest BCUT2D eigenvalue weighted by molar-refractivity contribution is 5.83. The Labute approximate surface area is 95.6 Å². The number of carbonyl (C=O) groups is 1. The van der Waals surface area contributed by atoms with E-state index in [0.717, 1.165) is 18.4 Å². The van der Waals surface area contributed by atoms with Crippen molar-refractivity contribution in [2.45, 2.75) is 25.4 Å². The molecule has 1 aliphatic carbocycles. The molecule has 0 spiro atoms. The molecule has 0 amide bonds. The van der Waals surface area contributed by atoms with Crippen LogP contribution in [0.3, 0.4) is 0 Å². The van der Waals surface area contributed by atoms with Gasteiger partial charge in [-0.3, -0.25) is 4.79 Å². The second-order valence-electron chi connectivity index (χ2n) is 4.23.